The van der Waals surface area contributed by atoms with Crippen molar-refractivity contribution in [3.05, 3.63) is 47.3 Å². The van der Waals surface area contributed by atoms with Crippen molar-refractivity contribution in [1.29, 1.82) is 0 Å². The summed E-state index contributed by atoms with van der Waals surface area (Å²) >= 11 is 1.25. The maximum Gasteiger partial charge on any atom is 0.430 e. The highest BCUT2D eigenvalue weighted by atomic mass is 32.1. The quantitative estimate of drug-likeness (QED) is 0.312. The predicted octanol–water partition coefficient (Wildman–Crippen LogP) is 2.68. The SMILES string of the molecule is C.O=C([O-])C(F)(F)F.O=C(c1cc(-c2c[nH][n+]3cc(-c4cn[nH]c4)cnc23)cs1)N1CCC(F)(F)C1. The van der Waals surface area contributed by atoms with E-state index in [0.717, 1.165) is 22.3 Å². The molecular formula is C21H19F5N6O3S. The van der Waals surface area contributed by atoms with Gasteiger partial charge in [-0.15, -0.1) is 15.9 Å². The molecule has 1 amide bonds. The number of aliphatic carboxylic acids is 1. The molecule has 0 unspecified atom stereocenters. The number of aromatic nitrogens is 5. The van der Waals surface area contributed by atoms with Crippen LogP contribution < -0.4 is 9.62 Å². The molecule has 1 saturated heterocycles. The predicted molar refractivity (Wildman–Crippen MR) is 116 cm³/mol. The summed E-state index contributed by atoms with van der Waals surface area (Å²) in [5.74, 6) is -6.15. The number of nitrogens with one attached hydrogen (secondary N) is 2. The molecule has 5 rings (SSSR count). The van der Waals surface area contributed by atoms with Gasteiger partial charge in [0.15, 0.2) is 6.20 Å². The second kappa shape index (κ2) is 10.0. The molecule has 1 aliphatic rings. The highest BCUT2D eigenvalue weighted by molar-refractivity contribution is 7.12. The third-order valence-electron chi connectivity index (χ3n) is 5.05. The minimum atomic E-state index is -5.19. The molecule has 0 atom stereocenters. The Labute approximate surface area is 204 Å². The van der Waals surface area contributed by atoms with Crippen LogP contribution in [0, 0.1) is 0 Å². The minimum Gasteiger partial charge on any atom is -0.542 e. The number of fused-ring (bicyclic) bond motifs is 1. The van der Waals surface area contributed by atoms with Gasteiger partial charge >= 0.3 is 11.8 Å². The van der Waals surface area contributed by atoms with Crippen LogP contribution in [0.2, 0.25) is 0 Å². The van der Waals surface area contributed by atoms with Crippen molar-refractivity contribution in [1.82, 2.24) is 25.2 Å². The number of thiophene rings is 1. The number of carboxylic acids is 1. The third kappa shape index (κ3) is 5.67. The van der Waals surface area contributed by atoms with Crippen molar-refractivity contribution in [2.75, 3.05) is 13.1 Å². The van der Waals surface area contributed by atoms with Gasteiger partial charge in [-0.05, 0) is 16.4 Å². The molecule has 192 valence electrons. The number of nitrogens with zero attached hydrogens (tertiary/aromatic N) is 4. The van der Waals surface area contributed by atoms with Crippen LogP contribution in [0.5, 0.6) is 0 Å². The molecule has 4 aromatic heterocycles. The Morgan fingerprint density at radius 1 is 1.17 bits per heavy atom. The minimum absolute atomic E-state index is 0. The van der Waals surface area contributed by atoms with Crippen LogP contribution >= 0.6 is 11.3 Å². The fourth-order valence-corrected chi connectivity index (χ4v) is 4.22. The van der Waals surface area contributed by atoms with Crippen LogP contribution in [-0.2, 0) is 4.79 Å². The number of alkyl halides is 5. The monoisotopic (exact) mass is 530 g/mol. The summed E-state index contributed by atoms with van der Waals surface area (Å²) in [5.41, 5.74) is 4.18. The standard InChI is InChI=1S/C18H14F2N6OS.C2HF3O2.CH4/c19-18(20)1-2-25(10-18)17(27)15-3-11(9-28-15)14-7-24-26-8-13(4-21-16(14)26)12-5-22-23-6-12;3-2(4,5)1(6)7;/h3-9H,1-2,10H2,(H,22,23);(H,6,7);1H4. The van der Waals surface area contributed by atoms with Gasteiger partial charge < -0.3 is 14.8 Å². The van der Waals surface area contributed by atoms with Crippen molar-refractivity contribution < 1.29 is 41.2 Å². The van der Waals surface area contributed by atoms with Crippen molar-refractivity contribution in [2.45, 2.75) is 25.9 Å². The fraction of sp³-hybridized carbons (Fsp3) is 0.286. The van der Waals surface area contributed by atoms with Gasteiger partial charge in [-0.25, -0.2) is 13.9 Å². The molecule has 0 radical (unpaired) electrons. The lowest BCUT2D eigenvalue weighted by atomic mass is 10.1. The van der Waals surface area contributed by atoms with Gasteiger partial charge in [-0.3, -0.25) is 9.89 Å². The Balaban J connectivity index is 0.000000400. The van der Waals surface area contributed by atoms with E-state index in [1.807, 2.05) is 17.8 Å². The van der Waals surface area contributed by atoms with Gasteiger partial charge in [0.25, 0.3) is 11.8 Å². The van der Waals surface area contributed by atoms with Gasteiger partial charge in [0.1, 0.15) is 12.2 Å². The van der Waals surface area contributed by atoms with Crippen LogP contribution in [0.25, 0.3) is 27.9 Å². The highest BCUT2D eigenvalue weighted by Gasteiger charge is 2.40. The zero-order chi connectivity index (χ0) is 25.4. The van der Waals surface area contributed by atoms with Crippen molar-refractivity contribution in [3.63, 3.8) is 0 Å². The summed E-state index contributed by atoms with van der Waals surface area (Å²) in [6.45, 7) is -0.430. The van der Waals surface area contributed by atoms with E-state index < -0.39 is 24.6 Å². The summed E-state index contributed by atoms with van der Waals surface area (Å²) in [4.78, 5) is 27.5. The maximum absolute atomic E-state index is 13.4. The van der Waals surface area contributed by atoms with Crippen LogP contribution in [-0.4, -0.2) is 62.2 Å². The summed E-state index contributed by atoms with van der Waals surface area (Å²) in [7, 11) is 0. The molecule has 0 aliphatic carbocycles. The van der Waals surface area contributed by atoms with E-state index in [1.165, 1.54) is 16.2 Å². The lowest BCUT2D eigenvalue weighted by Crippen LogP contribution is -2.37. The smallest absolute Gasteiger partial charge is 0.430 e. The van der Waals surface area contributed by atoms with Gasteiger partial charge in [0, 0.05) is 30.3 Å². The maximum atomic E-state index is 13.4. The Hall–Kier alpha value is -3.88. The van der Waals surface area contributed by atoms with E-state index in [-0.39, 0.29) is 26.3 Å². The van der Waals surface area contributed by atoms with Crippen molar-refractivity contribution >= 4 is 28.9 Å². The van der Waals surface area contributed by atoms with E-state index in [4.69, 9.17) is 9.90 Å². The van der Waals surface area contributed by atoms with Gasteiger partial charge in [-0.1, -0.05) is 7.43 Å². The van der Waals surface area contributed by atoms with Crippen LogP contribution in [0.4, 0.5) is 22.0 Å². The van der Waals surface area contributed by atoms with Crippen molar-refractivity contribution in [3.8, 4) is 22.3 Å². The normalized spacial score (nSPS) is 14.8. The molecule has 4 aromatic rings. The zero-order valence-corrected chi connectivity index (χ0v) is 18.3. The largest absolute Gasteiger partial charge is 0.542 e. The molecule has 5 heterocycles. The Morgan fingerprint density at radius 2 is 1.89 bits per heavy atom. The van der Waals surface area contributed by atoms with E-state index in [1.54, 1.807) is 29.2 Å². The molecule has 1 aliphatic heterocycles. The average Bonchev–Trinajstić information content (AvgIpc) is 3.57. The number of amides is 1. The number of carbonyl (C=O) groups is 2. The summed E-state index contributed by atoms with van der Waals surface area (Å²) in [6.07, 6.45) is 3.49. The third-order valence-corrected chi connectivity index (χ3v) is 5.97. The lowest BCUT2D eigenvalue weighted by molar-refractivity contribution is -0.578. The average molecular weight is 530 g/mol. The first-order valence-electron chi connectivity index (χ1n) is 9.87. The van der Waals surface area contributed by atoms with Crippen molar-refractivity contribution in [2.24, 2.45) is 0 Å². The summed E-state index contributed by atoms with van der Waals surface area (Å²) in [5, 5.41) is 20.5. The number of halogens is 5. The Bertz CT molecular complexity index is 1370. The molecule has 0 saturated carbocycles. The number of likely N-dealkylation sites (tertiary alicyclic amines) is 1. The van der Waals surface area contributed by atoms with Crippen LogP contribution in [0.1, 0.15) is 23.5 Å². The van der Waals surface area contributed by atoms with Gasteiger partial charge in [-0.2, -0.15) is 18.3 Å². The number of H-pyrrole nitrogens is 2. The van der Waals surface area contributed by atoms with E-state index in [0.29, 0.717) is 10.5 Å². The molecule has 0 spiro atoms. The second-order valence-corrected chi connectivity index (χ2v) is 8.44. The molecule has 36 heavy (non-hydrogen) atoms. The number of carbonyl (C=O) groups excluding carboxylic acids is 2. The molecule has 2 N–H and O–H groups in total. The van der Waals surface area contributed by atoms with Gasteiger partial charge in [0.05, 0.1) is 34.9 Å². The van der Waals surface area contributed by atoms with Crippen LogP contribution in [0.15, 0.2) is 42.4 Å². The van der Waals surface area contributed by atoms with Gasteiger partial charge in [0.2, 0.25) is 0 Å². The molecule has 0 aromatic carbocycles. The fourth-order valence-electron chi connectivity index (χ4n) is 3.35. The van der Waals surface area contributed by atoms with E-state index in [2.05, 4.69) is 20.3 Å². The topological polar surface area (TPSA) is 122 Å². The van der Waals surface area contributed by atoms with E-state index in [9.17, 15) is 26.7 Å². The number of rotatable bonds is 3. The Morgan fingerprint density at radius 3 is 2.47 bits per heavy atom. The second-order valence-electron chi connectivity index (χ2n) is 7.53. The molecule has 0 bridgehead atoms. The first-order valence-corrected chi connectivity index (χ1v) is 10.7. The number of aromatic amines is 2. The molecule has 1 fully saturated rings. The van der Waals surface area contributed by atoms with Crippen LogP contribution in [0.3, 0.4) is 0 Å². The molecule has 9 nitrogen and oxygen atoms in total. The zero-order valence-electron chi connectivity index (χ0n) is 17.5. The Kier molecular flexibility index (Phi) is 7.43. The summed E-state index contributed by atoms with van der Waals surface area (Å²) < 4.78 is 60.1. The molecular weight excluding hydrogens is 511 g/mol. The lowest BCUT2D eigenvalue weighted by Gasteiger charge is -2.14. The first-order chi connectivity index (χ1) is 16.4. The highest BCUT2D eigenvalue weighted by Crippen LogP contribution is 2.31. The number of hydrogen-bond donors (Lipinski definition) is 2. The first kappa shape index (κ1) is 26.7. The van der Waals surface area contributed by atoms with E-state index >= 15 is 0 Å². The number of carboxylic acid groups (broad SMARTS) is 1. The summed E-state index contributed by atoms with van der Waals surface area (Å²) in [6, 6.07) is 1.73. The number of hydrogen-bond acceptors (Lipinski definition) is 6. The molecule has 15 heteroatoms.